The molecule has 3 rings (SSSR count). The Labute approximate surface area is 144 Å². The molecule has 0 unspecified atom stereocenters. The molecule has 6 nitrogen and oxygen atoms in total. The Morgan fingerprint density at radius 2 is 1.88 bits per heavy atom. The number of aromatic nitrogens is 4. The summed E-state index contributed by atoms with van der Waals surface area (Å²) in [6, 6.07) is 8.99. The SMILES string of the molecule is CCN(C(=O)c1ccc(Sc2ncccn2)nc1)c1cccnc1. The van der Waals surface area contributed by atoms with Gasteiger partial charge in [0, 0.05) is 31.3 Å². The molecule has 24 heavy (non-hydrogen) atoms. The molecule has 1 amide bonds. The number of carbonyl (C=O) groups excluding carboxylic acids is 1. The molecule has 3 aromatic rings. The summed E-state index contributed by atoms with van der Waals surface area (Å²) in [6.07, 6.45) is 8.29. The first-order chi connectivity index (χ1) is 11.8. The van der Waals surface area contributed by atoms with E-state index < -0.39 is 0 Å². The van der Waals surface area contributed by atoms with Crippen molar-refractivity contribution in [3.8, 4) is 0 Å². The maximum absolute atomic E-state index is 12.7. The number of carbonyl (C=O) groups is 1. The lowest BCUT2D eigenvalue weighted by atomic mass is 10.2. The van der Waals surface area contributed by atoms with Crippen LogP contribution in [-0.2, 0) is 0 Å². The maximum Gasteiger partial charge on any atom is 0.259 e. The average molecular weight is 337 g/mol. The van der Waals surface area contributed by atoms with Crippen LogP contribution < -0.4 is 4.90 Å². The van der Waals surface area contributed by atoms with Crippen molar-refractivity contribution in [2.24, 2.45) is 0 Å². The lowest BCUT2D eigenvalue weighted by molar-refractivity contribution is 0.0988. The van der Waals surface area contributed by atoms with E-state index in [1.807, 2.05) is 19.1 Å². The summed E-state index contributed by atoms with van der Waals surface area (Å²) in [5.74, 6) is -0.106. The van der Waals surface area contributed by atoms with Crippen LogP contribution in [0.2, 0.25) is 0 Å². The Kier molecular flexibility index (Phi) is 5.12. The molecule has 0 atom stereocenters. The molecule has 0 bridgehead atoms. The van der Waals surface area contributed by atoms with Crippen LogP contribution in [0.4, 0.5) is 5.69 Å². The molecule has 0 radical (unpaired) electrons. The van der Waals surface area contributed by atoms with Crippen molar-refractivity contribution in [2.45, 2.75) is 17.1 Å². The van der Waals surface area contributed by atoms with Crippen LogP contribution in [0.5, 0.6) is 0 Å². The monoisotopic (exact) mass is 337 g/mol. The molecule has 0 saturated carbocycles. The largest absolute Gasteiger partial charge is 0.307 e. The van der Waals surface area contributed by atoms with E-state index in [1.54, 1.807) is 54.1 Å². The zero-order valence-corrected chi connectivity index (χ0v) is 13.8. The summed E-state index contributed by atoms with van der Waals surface area (Å²) in [6.45, 7) is 2.48. The van der Waals surface area contributed by atoms with Crippen molar-refractivity contribution in [3.05, 3.63) is 66.9 Å². The maximum atomic E-state index is 12.7. The lowest BCUT2D eigenvalue weighted by Gasteiger charge is -2.20. The molecule has 120 valence electrons. The quantitative estimate of drug-likeness (QED) is 0.666. The molecule has 0 aliphatic heterocycles. The van der Waals surface area contributed by atoms with E-state index in [4.69, 9.17) is 0 Å². The molecule has 3 heterocycles. The van der Waals surface area contributed by atoms with Gasteiger partial charge in [-0.3, -0.25) is 9.78 Å². The van der Waals surface area contributed by atoms with Crippen molar-refractivity contribution >= 4 is 23.4 Å². The number of hydrogen-bond acceptors (Lipinski definition) is 6. The first kappa shape index (κ1) is 16.1. The molecular formula is C17H15N5OS. The van der Waals surface area contributed by atoms with E-state index in [9.17, 15) is 4.79 Å². The van der Waals surface area contributed by atoms with Gasteiger partial charge in [0.2, 0.25) is 0 Å². The van der Waals surface area contributed by atoms with Gasteiger partial charge in [-0.05, 0) is 49.0 Å². The van der Waals surface area contributed by atoms with Gasteiger partial charge in [-0.1, -0.05) is 0 Å². The standard InChI is InChI=1S/C17H15N5OS/c1-2-22(14-5-3-8-18-12-14)16(23)13-6-7-15(21-11-13)24-17-19-9-4-10-20-17/h3-12H,2H2,1H3. The lowest BCUT2D eigenvalue weighted by Crippen LogP contribution is -2.30. The summed E-state index contributed by atoms with van der Waals surface area (Å²) in [4.78, 5) is 31.0. The highest BCUT2D eigenvalue weighted by atomic mass is 32.2. The fourth-order valence-corrected chi connectivity index (χ4v) is 2.77. The van der Waals surface area contributed by atoms with Crippen molar-refractivity contribution in [3.63, 3.8) is 0 Å². The number of nitrogens with zero attached hydrogens (tertiary/aromatic N) is 5. The predicted molar refractivity (Wildman–Crippen MR) is 92.0 cm³/mol. The van der Waals surface area contributed by atoms with Gasteiger partial charge < -0.3 is 4.90 Å². The van der Waals surface area contributed by atoms with Crippen molar-refractivity contribution in [1.29, 1.82) is 0 Å². The first-order valence-corrected chi connectivity index (χ1v) is 8.22. The Balaban J connectivity index is 1.76. The zero-order chi connectivity index (χ0) is 16.8. The fourth-order valence-electron chi connectivity index (χ4n) is 2.11. The van der Waals surface area contributed by atoms with Gasteiger partial charge in [-0.25, -0.2) is 15.0 Å². The molecule has 0 spiro atoms. The topological polar surface area (TPSA) is 71.9 Å². The summed E-state index contributed by atoms with van der Waals surface area (Å²) >= 11 is 1.35. The Morgan fingerprint density at radius 3 is 2.50 bits per heavy atom. The smallest absolute Gasteiger partial charge is 0.259 e. The molecule has 0 aliphatic rings. The molecule has 0 aliphatic carbocycles. The molecular weight excluding hydrogens is 322 g/mol. The second-order valence-corrected chi connectivity index (χ2v) is 5.77. The molecule has 0 aromatic carbocycles. The average Bonchev–Trinajstić information content (AvgIpc) is 2.65. The van der Waals surface area contributed by atoms with E-state index in [-0.39, 0.29) is 5.91 Å². The zero-order valence-electron chi connectivity index (χ0n) is 13.0. The highest BCUT2D eigenvalue weighted by Crippen LogP contribution is 2.22. The van der Waals surface area contributed by atoms with Gasteiger partial charge >= 0.3 is 0 Å². The van der Waals surface area contributed by atoms with Gasteiger partial charge in [0.15, 0.2) is 5.16 Å². The van der Waals surface area contributed by atoms with Crippen LogP contribution in [-0.4, -0.2) is 32.4 Å². The summed E-state index contributed by atoms with van der Waals surface area (Å²) in [5, 5.41) is 1.36. The van der Waals surface area contributed by atoms with Gasteiger partial charge in [-0.15, -0.1) is 0 Å². The second kappa shape index (κ2) is 7.65. The number of hydrogen-bond donors (Lipinski definition) is 0. The Bertz CT molecular complexity index is 796. The van der Waals surface area contributed by atoms with Crippen LogP contribution >= 0.6 is 11.8 Å². The van der Waals surface area contributed by atoms with Crippen LogP contribution in [0.25, 0.3) is 0 Å². The number of rotatable bonds is 5. The highest BCUT2D eigenvalue weighted by Gasteiger charge is 2.16. The number of amides is 1. The summed E-state index contributed by atoms with van der Waals surface area (Å²) in [7, 11) is 0. The third kappa shape index (κ3) is 3.75. The van der Waals surface area contributed by atoms with E-state index in [0.29, 0.717) is 17.3 Å². The highest BCUT2D eigenvalue weighted by molar-refractivity contribution is 7.99. The van der Waals surface area contributed by atoms with Crippen molar-refractivity contribution in [2.75, 3.05) is 11.4 Å². The fraction of sp³-hybridized carbons (Fsp3) is 0.118. The minimum absolute atomic E-state index is 0.106. The predicted octanol–water partition coefficient (Wildman–Crippen LogP) is 3.08. The van der Waals surface area contributed by atoms with E-state index in [2.05, 4.69) is 19.9 Å². The Hall–Kier alpha value is -2.80. The summed E-state index contributed by atoms with van der Waals surface area (Å²) in [5.41, 5.74) is 1.29. The number of pyridine rings is 2. The van der Waals surface area contributed by atoms with E-state index in [0.717, 1.165) is 10.7 Å². The minimum atomic E-state index is -0.106. The third-order valence-electron chi connectivity index (χ3n) is 3.24. The van der Waals surface area contributed by atoms with Gasteiger partial charge in [0.05, 0.1) is 17.4 Å². The van der Waals surface area contributed by atoms with Crippen LogP contribution in [0.1, 0.15) is 17.3 Å². The Morgan fingerprint density at radius 1 is 1.04 bits per heavy atom. The van der Waals surface area contributed by atoms with Gasteiger partial charge in [-0.2, -0.15) is 0 Å². The summed E-state index contributed by atoms with van der Waals surface area (Å²) < 4.78 is 0. The molecule has 0 fully saturated rings. The van der Waals surface area contributed by atoms with Crippen molar-refractivity contribution in [1.82, 2.24) is 19.9 Å². The normalized spacial score (nSPS) is 10.4. The van der Waals surface area contributed by atoms with Crippen molar-refractivity contribution < 1.29 is 4.79 Å². The second-order valence-electron chi connectivity index (χ2n) is 4.78. The van der Waals surface area contributed by atoms with Crippen LogP contribution in [0.3, 0.4) is 0 Å². The third-order valence-corrected chi connectivity index (χ3v) is 4.08. The molecule has 0 saturated heterocycles. The van der Waals surface area contributed by atoms with E-state index >= 15 is 0 Å². The van der Waals surface area contributed by atoms with Crippen LogP contribution in [0.15, 0.2) is 71.5 Å². The minimum Gasteiger partial charge on any atom is -0.307 e. The molecule has 3 aromatic heterocycles. The first-order valence-electron chi connectivity index (χ1n) is 7.40. The number of anilines is 1. The van der Waals surface area contributed by atoms with Crippen LogP contribution in [0, 0.1) is 0 Å². The molecule has 7 heteroatoms. The van der Waals surface area contributed by atoms with Gasteiger partial charge in [0.1, 0.15) is 5.03 Å². The van der Waals surface area contributed by atoms with Gasteiger partial charge in [0.25, 0.3) is 5.91 Å². The molecule has 0 N–H and O–H groups in total. The van der Waals surface area contributed by atoms with E-state index in [1.165, 1.54) is 11.8 Å².